The van der Waals surface area contributed by atoms with Crippen LogP contribution in [-0.4, -0.2) is 26.8 Å². The van der Waals surface area contributed by atoms with Gasteiger partial charge in [0.05, 0.1) is 12.1 Å². The number of fused-ring (bicyclic) bond motifs is 1. The lowest BCUT2D eigenvalue weighted by Crippen LogP contribution is -3.12. The number of aromatic nitrogens is 4. The number of aryl methyl sites for hydroxylation is 1. The number of nitrogens with zero attached hydrogens (tertiary/aromatic N) is 4. The van der Waals surface area contributed by atoms with Crippen LogP contribution in [0.3, 0.4) is 0 Å². The molecule has 140 valence electrons. The first-order chi connectivity index (χ1) is 12.9. The first-order valence-corrected chi connectivity index (χ1v) is 9.70. The molecule has 27 heavy (non-hydrogen) atoms. The highest BCUT2D eigenvalue weighted by Gasteiger charge is 2.36. The van der Waals surface area contributed by atoms with Crippen LogP contribution >= 0.6 is 0 Å². The van der Waals surface area contributed by atoms with Crippen molar-refractivity contribution in [1.82, 2.24) is 20.2 Å². The van der Waals surface area contributed by atoms with Gasteiger partial charge < -0.3 is 4.90 Å². The Bertz CT molecular complexity index is 920. The van der Waals surface area contributed by atoms with Crippen LogP contribution < -0.4 is 4.90 Å². The zero-order chi connectivity index (χ0) is 19.0. The number of tetrazole rings is 1. The minimum atomic E-state index is -0.158. The molecule has 1 unspecified atom stereocenters. The molecular formula is C22H28N5+. The van der Waals surface area contributed by atoms with Crippen LogP contribution in [0.4, 0.5) is 0 Å². The molecule has 0 amide bonds. The third kappa shape index (κ3) is 3.52. The molecule has 0 saturated carbocycles. The van der Waals surface area contributed by atoms with Gasteiger partial charge in [0.15, 0.2) is 6.04 Å². The van der Waals surface area contributed by atoms with Crippen molar-refractivity contribution in [3.8, 4) is 0 Å². The Labute approximate surface area is 161 Å². The number of hydrogen-bond acceptors (Lipinski definition) is 3. The fraction of sp³-hybridized carbons (Fsp3) is 0.409. The van der Waals surface area contributed by atoms with Crippen LogP contribution in [0.1, 0.15) is 54.9 Å². The van der Waals surface area contributed by atoms with Crippen LogP contribution in [-0.2, 0) is 18.5 Å². The maximum Gasteiger partial charge on any atom is 0.214 e. The molecule has 3 aromatic rings. The second-order valence-corrected chi connectivity index (χ2v) is 8.57. The molecule has 0 aliphatic carbocycles. The van der Waals surface area contributed by atoms with E-state index in [-0.39, 0.29) is 11.6 Å². The smallest absolute Gasteiger partial charge is 0.214 e. The van der Waals surface area contributed by atoms with E-state index < -0.39 is 0 Å². The zero-order valence-electron chi connectivity index (χ0n) is 16.6. The van der Waals surface area contributed by atoms with E-state index in [4.69, 9.17) is 0 Å². The average Bonchev–Trinajstić information content (AvgIpc) is 3.13. The van der Waals surface area contributed by atoms with Crippen LogP contribution in [0.15, 0.2) is 48.5 Å². The number of rotatable bonds is 3. The van der Waals surface area contributed by atoms with Gasteiger partial charge in [-0.15, -0.1) is 5.10 Å². The SMILES string of the molecule is Cc1ccc([C@H](c2nnnn2C(C)(C)C)[NH+]2CCc3ccccc3C2)cc1. The first kappa shape index (κ1) is 17.9. The molecule has 5 nitrogen and oxygen atoms in total. The lowest BCUT2D eigenvalue weighted by molar-refractivity contribution is -0.941. The standard InChI is InChI=1S/C22H27N5/c1-16-9-11-18(12-10-16)20(21-23-24-25-27(21)22(2,3)4)26-14-13-17-7-5-6-8-19(17)15-26/h5-12,20H,13-15H2,1-4H3/p+1/t20-/m1/s1. The minimum Gasteiger partial charge on any atom is -0.318 e. The van der Waals surface area contributed by atoms with E-state index in [1.165, 1.54) is 27.2 Å². The van der Waals surface area contributed by atoms with Crippen LogP contribution in [0.2, 0.25) is 0 Å². The predicted octanol–water partition coefficient (Wildman–Crippen LogP) is 2.47. The van der Waals surface area contributed by atoms with Gasteiger partial charge in [0.25, 0.3) is 0 Å². The lowest BCUT2D eigenvalue weighted by Gasteiger charge is -2.33. The second kappa shape index (κ2) is 6.89. The van der Waals surface area contributed by atoms with E-state index in [1.54, 1.807) is 0 Å². The molecular weight excluding hydrogens is 334 g/mol. The monoisotopic (exact) mass is 362 g/mol. The highest BCUT2D eigenvalue weighted by Crippen LogP contribution is 2.24. The molecule has 0 spiro atoms. The molecule has 2 aromatic carbocycles. The molecule has 4 rings (SSSR count). The van der Waals surface area contributed by atoms with E-state index in [9.17, 15) is 0 Å². The van der Waals surface area contributed by atoms with Gasteiger partial charge in [0.2, 0.25) is 5.82 Å². The summed E-state index contributed by atoms with van der Waals surface area (Å²) in [6.07, 6.45) is 1.09. The molecule has 0 saturated heterocycles. The summed E-state index contributed by atoms with van der Waals surface area (Å²) in [4.78, 5) is 1.50. The molecule has 2 atom stereocenters. The summed E-state index contributed by atoms with van der Waals surface area (Å²) in [6.45, 7) is 10.7. The third-order valence-electron chi connectivity index (χ3n) is 5.46. The maximum atomic E-state index is 4.49. The number of benzene rings is 2. The largest absolute Gasteiger partial charge is 0.318 e. The van der Waals surface area contributed by atoms with Gasteiger partial charge in [0, 0.05) is 17.5 Å². The van der Waals surface area contributed by atoms with Crippen molar-refractivity contribution in [3.63, 3.8) is 0 Å². The number of hydrogen-bond donors (Lipinski definition) is 1. The predicted molar refractivity (Wildman–Crippen MR) is 106 cm³/mol. The Morgan fingerprint density at radius 1 is 1.00 bits per heavy atom. The van der Waals surface area contributed by atoms with Gasteiger partial charge in [-0.05, 0) is 43.7 Å². The Hall–Kier alpha value is -2.53. The summed E-state index contributed by atoms with van der Waals surface area (Å²) in [7, 11) is 0. The van der Waals surface area contributed by atoms with Crippen molar-refractivity contribution in [3.05, 3.63) is 76.6 Å². The van der Waals surface area contributed by atoms with Gasteiger partial charge in [-0.1, -0.05) is 54.1 Å². The molecule has 1 aliphatic heterocycles. The van der Waals surface area contributed by atoms with E-state index in [1.807, 2.05) is 4.68 Å². The van der Waals surface area contributed by atoms with Crippen LogP contribution in [0.5, 0.6) is 0 Å². The van der Waals surface area contributed by atoms with Crippen molar-refractivity contribution >= 4 is 0 Å². The highest BCUT2D eigenvalue weighted by molar-refractivity contribution is 5.29. The van der Waals surface area contributed by atoms with Crippen molar-refractivity contribution in [1.29, 1.82) is 0 Å². The maximum absolute atomic E-state index is 4.49. The van der Waals surface area contributed by atoms with E-state index in [2.05, 4.69) is 91.8 Å². The molecule has 2 heterocycles. The molecule has 5 heteroatoms. The molecule has 0 fully saturated rings. The van der Waals surface area contributed by atoms with Gasteiger partial charge in [0.1, 0.15) is 6.54 Å². The Kier molecular flexibility index (Phi) is 4.56. The van der Waals surface area contributed by atoms with E-state index >= 15 is 0 Å². The topological polar surface area (TPSA) is 48.0 Å². The van der Waals surface area contributed by atoms with Crippen molar-refractivity contribution < 1.29 is 4.90 Å². The van der Waals surface area contributed by atoms with Crippen molar-refractivity contribution in [2.24, 2.45) is 0 Å². The highest BCUT2D eigenvalue weighted by atomic mass is 15.6. The van der Waals surface area contributed by atoms with Gasteiger partial charge >= 0.3 is 0 Å². The summed E-state index contributed by atoms with van der Waals surface area (Å²) >= 11 is 0. The Morgan fingerprint density at radius 2 is 1.70 bits per heavy atom. The fourth-order valence-corrected chi connectivity index (χ4v) is 4.03. The normalized spacial score (nSPS) is 18.1. The summed E-state index contributed by atoms with van der Waals surface area (Å²) in [5.41, 5.74) is 5.29. The van der Waals surface area contributed by atoms with Gasteiger partial charge in [-0.3, -0.25) is 0 Å². The van der Waals surface area contributed by atoms with Gasteiger partial charge in [-0.25, -0.2) is 4.68 Å². The average molecular weight is 363 g/mol. The van der Waals surface area contributed by atoms with Crippen LogP contribution in [0, 0.1) is 6.92 Å². The molecule has 0 radical (unpaired) electrons. The number of quaternary nitrogens is 1. The lowest BCUT2D eigenvalue weighted by atomic mass is 9.95. The van der Waals surface area contributed by atoms with Crippen molar-refractivity contribution in [2.45, 2.75) is 52.2 Å². The van der Waals surface area contributed by atoms with Crippen LogP contribution in [0.25, 0.3) is 0 Å². The molecule has 1 aliphatic rings. The summed E-state index contributed by atoms with van der Waals surface area (Å²) in [5.74, 6) is 0.945. The molecule has 0 bridgehead atoms. The minimum absolute atomic E-state index is 0.119. The molecule has 1 aromatic heterocycles. The first-order valence-electron chi connectivity index (χ1n) is 9.70. The Balaban J connectivity index is 1.78. The summed E-state index contributed by atoms with van der Waals surface area (Å²) in [5, 5.41) is 12.9. The fourth-order valence-electron chi connectivity index (χ4n) is 4.03. The van der Waals surface area contributed by atoms with E-state index in [0.29, 0.717) is 0 Å². The summed E-state index contributed by atoms with van der Waals surface area (Å²) < 4.78 is 1.99. The molecule has 1 N–H and O–H groups in total. The number of nitrogens with one attached hydrogen (secondary N) is 1. The zero-order valence-corrected chi connectivity index (χ0v) is 16.6. The van der Waals surface area contributed by atoms with Gasteiger partial charge in [-0.2, -0.15) is 0 Å². The second-order valence-electron chi connectivity index (χ2n) is 8.57. The Morgan fingerprint density at radius 3 is 2.41 bits per heavy atom. The quantitative estimate of drug-likeness (QED) is 0.779. The van der Waals surface area contributed by atoms with E-state index in [0.717, 1.165) is 25.3 Å². The summed E-state index contributed by atoms with van der Waals surface area (Å²) in [6, 6.07) is 17.7. The third-order valence-corrected chi connectivity index (χ3v) is 5.46. The van der Waals surface area contributed by atoms with Crippen molar-refractivity contribution in [2.75, 3.05) is 6.54 Å².